The molecular formula is C9H9BrO4S. The number of halogens is 1. The molecule has 15 heavy (non-hydrogen) atoms. The predicted molar refractivity (Wildman–Crippen MR) is 57.4 cm³/mol. The Hall–Kier alpha value is -0.430. The quantitative estimate of drug-likeness (QED) is 0.679. The number of rotatable bonds is 3. The first kappa shape index (κ1) is 11.1. The summed E-state index contributed by atoms with van der Waals surface area (Å²) in [5.74, 6) is 0. The Morgan fingerprint density at radius 3 is 2.73 bits per heavy atom. The number of benzene rings is 1. The van der Waals surface area contributed by atoms with E-state index in [1.165, 1.54) is 6.07 Å². The highest BCUT2D eigenvalue weighted by atomic mass is 79.9. The van der Waals surface area contributed by atoms with E-state index in [1.54, 1.807) is 12.1 Å². The predicted octanol–water partition coefficient (Wildman–Crippen LogP) is 1.64. The van der Waals surface area contributed by atoms with Crippen LogP contribution in [0.2, 0.25) is 0 Å². The molecule has 0 bridgehead atoms. The Morgan fingerprint density at radius 2 is 2.20 bits per heavy atom. The SMILES string of the molecule is O=S(=O)(O)c1ccc(Br)cc1C[C@H]1CO1. The van der Waals surface area contributed by atoms with Gasteiger partial charge in [-0.2, -0.15) is 8.42 Å². The van der Waals surface area contributed by atoms with Gasteiger partial charge in [0, 0.05) is 10.9 Å². The average Bonchev–Trinajstić information content (AvgIpc) is 2.85. The van der Waals surface area contributed by atoms with Crippen molar-refractivity contribution in [2.75, 3.05) is 6.61 Å². The third kappa shape index (κ3) is 2.78. The molecule has 1 aliphatic rings. The molecule has 82 valence electrons. The van der Waals surface area contributed by atoms with Gasteiger partial charge in [-0.1, -0.05) is 15.9 Å². The summed E-state index contributed by atoms with van der Waals surface area (Å²) in [6.45, 7) is 0.650. The van der Waals surface area contributed by atoms with Crippen LogP contribution in [-0.4, -0.2) is 25.7 Å². The van der Waals surface area contributed by atoms with E-state index in [1.807, 2.05) is 0 Å². The van der Waals surface area contributed by atoms with Gasteiger partial charge in [-0.15, -0.1) is 0 Å². The molecule has 1 atom stereocenters. The highest BCUT2D eigenvalue weighted by molar-refractivity contribution is 9.10. The van der Waals surface area contributed by atoms with Crippen molar-refractivity contribution in [3.8, 4) is 0 Å². The summed E-state index contributed by atoms with van der Waals surface area (Å²) in [4.78, 5) is -0.0406. The van der Waals surface area contributed by atoms with Crippen LogP contribution >= 0.6 is 15.9 Å². The van der Waals surface area contributed by atoms with Gasteiger partial charge < -0.3 is 4.74 Å². The first-order valence-corrected chi connectivity index (χ1v) is 6.57. The summed E-state index contributed by atoms with van der Waals surface area (Å²) in [7, 11) is -4.14. The molecule has 1 N–H and O–H groups in total. The molecule has 0 spiro atoms. The van der Waals surface area contributed by atoms with Crippen LogP contribution in [0.15, 0.2) is 27.6 Å². The summed E-state index contributed by atoms with van der Waals surface area (Å²) in [6, 6.07) is 4.66. The maximum absolute atomic E-state index is 11.1. The van der Waals surface area contributed by atoms with Crippen LogP contribution in [0.3, 0.4) is 0 Å². The van der Waals surface area contributed by atoms with E-state index in [9.17, 15) is 8.42 Å². The van der Waals surface area contributed by atoms with Crippen molar-refractivity contribution in [3.63, 3.8) is 0 Å². The molecule has 0 aliphatic carbocycles. The Morgan fingerprint density at radius 1 is 1.53 bits per heavy atom. The number of epoxide rings is 1. The van der Waals surface area contributed by atoms with Gasteiger partial charge in [0.25, 0.3) is 10.1 Å². The van der Waals surface area contributed by atoms with Crippen molar-refractivity contribution < 1.29 is 17.7 Å². The zero-order valence-corrected chi connectivity index (χ0v) is 10.1. The van der Waals surface area contributed by atoms with Gasteiger partial charge in [0.05, 0.1) is 17.6 Å². The van der Waals surface area contributed by atoms with Gasteiger partial charge in [0.15, 0.2) is 0 Å². The smallest absolute Gasteiger partial charge is 0.294 e. The average molecular weight is 293 g/mol. The Kier molecular flexibility index (Phi) is 2.85. The number of ether oxygens (including phenoxy) is 1. The van der Waals surface area contributed by atoms with Crippen molar-refractivity contribution >= 4 is 26.0 Å². The lowest BCUT2D eigenvalue weighted by atomic mass is 10.1. The van der Waals surface area contributed by atoms with E-state index in [-0.39, 0.29) is 11.0 Å². The molecule has 4 nitrogen and oxygen atoms in total. The fraction of sp³-hybridized carbons (Fsp3) is 0.333. The Balaban J connectivity index is 2.43. The van der Waals surface area contributed by atoms with E-state index >= 15 is 0 Å². The molecule has 1 heterocycles. The summed E-state index contributed by atoms with van der Waals surface area (Å²) in [5, 5.41) is 0. The maximum Gasteiger partial charge on any atom is 0.294 e. The molecule has 0 aromatic heterocycles. The molecule has 0 amide bonds. The minimum atomic E-state index is -4.14. The fourth-order valence-corrected chi connectivity index (χ4v) is 2.51. The first-order chi connectivity index (χ1) is 6.97. The van der Waals surface area contributed by atoms with Gasteiger partial charge in [-0.05, 0) is 23.8 Å². The summed E-state index contributed by atoms with van der Waals surface area (Å²) in [5.41, 5.74) is 0.578. The summed E-state index contributed by atoms with van der Waals surface area (Å²) >= 11 is 3.26. The van der Waals surface area contributed by atoms with Crippen LogP contribution < -0.4 is 0 Å². The molecule has 0 unspecified atom stereocenters. The van der Waals surface area contributed by atoms with E-state index in [2.05, 4.69) is 15.9 Å². The minimum absolute atomic E-state index is 0.0406. The van der Waals surface area contributed by atoms with Crippen LogP contribution in [0.5, 0.6) is 0 Å². The van der Waals surface area contributed by atoms with Gasteiger partial charge in [-0.25, -0.2) is 0 Å². The van der Waals surface area contributed by atoms with Crippen LogP contribution in [-0.2, 0) is 21.3 Å². The number of hydrogen-bond acceptors (Lipinski definition) is 3. The van der Waals surface area contributed by atoms with E-state index in [0.29, 0.717) is 18.6 Å². The van der Waals surface area contributed by atoms with Gasteiger partial charge >= 0.3 is 0 Å². The van der Waals surface area contributed by atoms with Gasteiger partial charge in [0.1, 0.15) is 0 Å². The molecule has 1 saturated heterocycles. The second-order valence-electron chi connectivity index (χ2n) is 3.39. The Labute approximate surface area is 96.1 Å². The number of hydrogen-bond donors (Lipinski definition) is 1. The van der Waals surface area contributed by atoms with E-state index in [4.69, 9.17) is 9.29 Å². The second-order valence-corrected chi connectivity index (χ2v) is 5.69. The largest absolute Gasteiger partial charge is 0.373 e. The molecule has 0 radical (unpaired) electrons. The molecule has 1 aliphatic heterocycles. The maximum atomic E-state index is 11.1. The lowest BCUT2D eigenvalue weighted by Crippen LogP contribution is -2.05. The summed E-state index contributed by atoms with van der Waals surface area (Å²) in [6.07, 6.45) is 0.592. The molecule has 1 aromatic rings. The zero-order chi connectivity index (χ0) is 11.1. The molecule has 0 saturated carbocycles. The minimum Gasteiger partial charge on any atom is -0.373 e. The summed E-state index contributed by atoms with van der Waals surface area (Å²) < 4.78 is 37.0. The van der Waals surface area contributed by atoms with Gasteiger partial charge in [-0.3, -0.25) is 4.55 Å². The molecule has 6 heteroatoms. The molecule has 1 fully saturated rings. The molecular weight excluding hydrogens is 284 g/mol. The first-order valence-electron chi connectivity index (χ1n) is 4.34. The van der Waals surface area contributed by atoms with Crippen molar-refractivity contribution in [3.05, 3.63) is 28.2 Å². The topological polar surface area (TPSA) is 66.9 Å². The lowest BCUT2D eigenvalue weighted by Gasteiger charge is -2.05. The highest BCUT2D eigenvalue weighted by Gasteiger charge is 2.26. The standard InChI is InChI=1S/C9H9BrO4S/c10-7-1-2-9(15(11,12)13)6(3-7)4-8-5-14-8/h1-3,8H,4-5H2,(H,11,12,13)/t8-/m0/s1. The van der Waals surface area contributed by atoms with Crippen molar-refractivity contribution in [1.82, 2.24) is 0 Å². The van der Waals surface area contributed by atoms with E-state index in [0.717, 1.165) is 4.47 Å². The third-order valence-electron chi connectivity index (χ3n) is 2.15. The van der Waals surface area contributed by atoms with Crippen molar-refractivity contribution in [1.29, 1.82) is 0 Å². The van der Waals surface area contributed by atoms with Crippen LogP contribution in [0.4, 0.5) is 0 Å². The van der Waals surface area contributed by atoms with Crippen LogP contribution in [0.25, 0.3) is 0 Å². The third-order valence-corrected chi connectivity index (χ3v) is 3.60. The monoisotopic (exact) mass is 292 g/mol. The Bertz CT molecular complexity index is 479. The van der Waals surface area contributed by atoms with Crippen molar-refractivity contribution in [2.24, 2.45) is 0 Å². The highest BCUT2D eigenvalue weighted by Crippen LogP contribution is 2.25. The zero-order valence-electron chi connectivity index (χ0n) is 7.68. The van der Waals surface area contributed by atoms with Crippen LogP contribution in [0, 0.1) is 0 Å². The van der Waals surface area contributed by atoms with Crippen molar-refractivity contribution in [2.45, 2.75) is 17.4 Å². The lowest BCUT2D eigenvalue weighted by molar-refractivity contribution is 0.406. The molecule has 1 aromatic carbocycles. The van der Waals surface area contributed by atoms with E-state index < -0.39 is 10.1 Å². The normalized spacial score (nSPS) is 20.3. The second kappa shape index (κ2) is 3.86. The van der Waals surface area contributed by atoms with Gasteiger partial charge in [0.2, 0.25) is 0 Å². The van der Waals surface area contributed by atoms with Crippen LogP contribution in [0.1, 0.15) is 5.56 Å². The fourth-order valence-electron chi connectivity index (χ4n) is 1.39. The molecule has 2 rings (SSSR count).